The first-order valence-electron chi connectivity index (χ1n) is 2.88. The molecule has 0 atom stereocenters. The number of benzene rings is 1. The van der Waals surface area contributed by atoms with E-state index in [1.54, 1.807) is 24.3 Å². The van der Waals surface area contributed by atoms with Crippen LogP contribution in [0, 0.1) is 0 Å². The van der Waals surface area contributed by atoms with Gasteiger partial charge in [0.15, 0.2) is 0 Å². The zero-order valence-corrected chi connectivity index (χ0v) is 8.15. The first-order chi connectivity index (χ1) is 5.08. The minimum atomic E-state index is -3.83. The van der Waals surface area contributed by atoms with Crippen molar-refractivity contribution in [1.82, 2.24) is 0 Å². The van der Waals surface area contributed by atoms with Gasteiger partial charge in [-0.3, -0.25) is 0 Å². The maximum atomic E-state index is 10.5. The average Bonchev–Trinajstić information content (AvgIpc) is 1.85. The Bertz CT molecular complexity index is 268. The second kappa shape index (κ2) is 3.53. The third kappa shape index (κ3) is 3.71. The summed E-state index contributed by atoms with van der Waals surface area (Å²) in [5, 5.41) is 0. The van der Waals surface area contributed by atoms with Gasteiger partial charge >= 0.3 is 69.9 Å². The van der Waals surface area contributed by atoms with Gasteiger partial charge in [-0.15, -0.1) is 0 Å². The molecule has 0 fully saturated rings. The summed E-state index contributed by atoms with van der Waals surface area (Å²) in [5.74, 6) is 0. The molecule has 3 nitrogen and oxygen atoms in total. The van der Waals surface area contributed by atoms with Crippen LogP contribution in [0.5, 0.6) is 0 Å². The molecule has 5 heteroatoms. The van der Waals surface area contributed by atoms with E-state index in [0.29, 0.717) is 0 Å². The van der Waals surface area contributed by atoms with Crippen LogP contribution in [-0.2, 0) is 4.57 Å². The van der Waals surface area contributed by atoms with E-state index >= 15 is 0 Å². The Balaban J connectivity index is 2.74. The summed E-state index contributed by atoms with van der Waals surface area (Å²) in [6.07, 6.45) is -3.83. The topological polar surface area (TPSA) is 57.5 Å². The van der Waals surface area contributed by atoms with E-state index < -0.39 is 20.8 Å². The second-order valence-corrected chi connectivity index (χ2v) is 8.19. The molecule has 0 aliphatic carbocycles. The molecular weight excluding hydrogens is 230 g/mol. The Morgan fingerprint density at radius 2 is 1.73 bits per heavy atom. The van der Waals surface area contributed by atoms with E-state index in [1.165, 1.54) is 0 Å². The molecule has 0 aliphatic heterocycles. The second-order valence-electron chi connectivity index (χ2n) is 1.89. The number of hydrogen-bond acceptors (Lipinski definition) is 1. The van der Waals surface area contributed by atoms with Crippen molar-refractivity contribution in [3.63, 3.8) is 0 Å². The van der Waals surface area contributed by atoms with Gasteiger partial charge in [-0.05, 0) is 0 Å². The van der Waals surface area contributed by atoms with Crippen LogP contribution >= 0.6 is 6.29 Å². The average molecular weight is 237 g/mol. The summed E-state index contributed by atoms with van der Waals surface area (Å²) < 4.78 is 11.3. The third-order valence-corrected chi connectivity index (χ3v) is 4.81. The fourth-order valence-electron chi connectivity index (χ4n) is 0.619. The van der Waals surface area contributed by atoms with Crippen LogP contribution in [0.4, 0.5) is 0 Å². The first-order valence-corrected chi connectivity index (χ1v) is 7.57. The molecule has 0 saturated heterocycles. The fraction of sp³-hybridized carbons (Fsp3) is 0. The molecule has 0 aromatic heterocycles. The Morgan fingerprint density at radius 3 is 2.18 bits per heavy atom. The number of hydrogen-bond donors (Lipinski definition) is 2. The van der Waals surface area contributed by atoms with Gasteiger partial charge in [-0.2, -0.15) is 0 Å². The van der Waals surface area contributed by atoms with Crippen LogP contribution in [0.25, 0.3) is 0 Å². The molecule has 0 unspecified atom stereocenters. The third-order valence-electron chi connectivity index (χ3n) is 0.968. The molecule has 0 saturated carbocycles. The molecule has 0 radical (unpaired) electrons. The Labute approximate surface area is 70.4 Å². The standard InChI is InChI=1S/C6H7O3PSe/c7-10(8,9)11-6-4-2-1-3-5-6/h1-5H,(H2,7,8,9). The van der Waals surface area contributed by atoms with Crippen LogP contribution < -0.4 is 4.46 Å². The van der Waals surface area contributed by atoms with Gasteiger partial charge in [0.2, 0.25) is 0 Å². The predicted molar refractivity (Wildman–Crippen MR) is 43.9 cm³/mol. The fourth-order valence-corrected chi connectivity index (χ4v) is 3.84. The van der Waals surface area contributed by atoms with E-state index in [2.05, 4.69) is 0 Å². The monoisotopic (exact) mass is 238 g/mol. The summed E-state index contributed by atoms with van der Waals surface area (Å²) in [6, 6.07) is 8.80. The quantitative estimate of drug-likeness (QED) is 0.567. The summed E-state index contributed by atoms with van der Waals surface area (Å²) >= 11 is -0.728. The van der Waals surface area contributed by atoms with E-state index in [9.17, 15) is 4.57 Å². The van der Waals surface area contributed by atoms with Crippen LogP contribution in [0.3, 0.4) is 0 Å². The summed E-state index contributed by atoms with van der Waals surface area (Å²) in [6.45, 7) is 0. The predicted octanol–water partition coefficient (Wildman–Crippen LogP) is 0.109. The summed E-state index contributed by atoms with van der Waals surface area (Å²) in [4.78, 5) is 17.2. The summed E-state index contributed by atoms with van der Waals surface area (Å²) in [7, 11) is 0. The van der Waals surface area contributed by atoms with Crippen molar-refractivity contribution in [2.45, 2.75) is 0 Å². The van der Waals surface area contributed by atoms with Crippen LogP contribution in [0.15, 0.2) is 30.3 Å². The molecule has 2 N–H and O–H groups in total. The molecule has 60 valence electrons. The number of rotatable bonds is 2. The van der Waals surface area contributed by atoms with Gasteiger partial charge in [-0.1, -0.05) is 0 Å². The molecule has 0 amide bonds. The molecule has 1 aromatic carbocycles. The van der Waals surface area contributed by atoms with Crippen molar-refractivity contribution >= 4 is 25.3 Å². The van der Waals surface area contributed by atoms with Gasteiger partial charge in [0.25, 0.3) is 0 Å². The molecule has 1 rings (SSSR count). The maximum absolute atomic E-state index is 10.5. The van der Waals surface area contributed by atoms with Crippen molar-refractivity contribution in [3.05, 3.63) is 30.3 Å². The normalized spacial score (nSPS) is 11.5. The van der Waals surface area contributed by atoms with Gasteiger partial charge < -0.3 is 0 Å². The van der Waals surface area contributed by atoms with Crippen molar-refractivity contribution in [2.75, 3.05) is 0 Å². The molecule has 1 aromatic rings. The molecule has 0 heterocycles. The van der Waals surface area contributed by atoms with Gasteiger partial charge in [0.1, 0.15) is 0 Å². The molecule has 0 spiro atoms. The molecule has 0 bridgehead atoms. The van der Waals surface area contributed by atoms with Gasteiger partial charge in [0, 0.05) is 0 Å². The first kappa shape index (κ1) is 8.98. The van der Waals surface area contributed by atoms with E-state index in [0.717, 1.165) is 4.46 Å². The zero-order chi connectivity index (χ0) is 8.32. The zero-order valence-electron chi connectivity index (χ0n) is 5.54. The van der Waals surface area contributed by atoms with E-state index in [4.69, 9.17) is 9.79 Å². The molecular formula is C6H7O3PSe. The molecule has 11 heavy (non-hydrogen) atoms. The van der Waals surface area contributed by atoms with Gasteiger partial charge in [-0.25, -0.2) is 0 Å². The van der Waals surface area contributed by atoms with Crippen LogP contribution in [-0.4, -0.2) is 24.3 Å². The SMILES string of the molecule is O=P(O)(O)[Se]c1ccccc1. The van der Waals surface area contributed by atoms with Crippen molar-refractivity contribution in [1.29, 1.82) is 0 Å². The van der Waals surface area contributed by atoms with Crippen molar-refractivity contribution < 1.29 is 14.4 Å². The Hall–Kier alpha value is -0.111. The minimum absolute atomic E-state index is 0.728. The Morgan fingerprint density at radius 1 is 1.18 bits per heavy atom. The van der Waals surface area contributed by atoms with E-state index in [1.807, 2.05) is 6.07 Å². The molecule has 0 aliphatic rings. The van der Waals surface area contributed by atoms with Crippen LogP contribution in [0.2, 0.25) is 0 Å². The van der Waals surface area contributed by atoms with Crippen molar-refractivity contribution in [3.8, 4) is 0 Å². The van der Waals surface area contributed by atoms with Crippen molar-refractivity contribution in [2.24, 2.45) is 0 Å². The van der Waals surface area contributed by atoms with Gasteiger partial charge in [0.05, 0.1) is 0 Å². The van der Waals surface area contributed by atoms with E-state index in [-0.39, 0.29) is 0 Å². The Kier molecular flexibility index (Phi) is 2.88. The summed E-state index contributed by atoms with van der Waals surface area (Å²) in [5.41, 5.74) is 0. The van der Waals surface area contributed by atoms with Crippen LogP contribution in [0.1, 0.15) is 0 Å².